The minimum atomic E-state index is 0.111. The smallest absolute Gasteiger partial charge is 0.123 e. The van der Waals surface area contributed by atoms with Gasteiger partial charge in [0.2, 0.25) is 0 Å². The van der Waals surface area contributed by atoms with Gasteiger partial charge in [-0.25, -0.2) is 4.98 Å². The van der Waals surface area contributed by atoms with Crippen LogP contribution in [0.15, 0.2) is 30.6 Å². The van der Waals surface area contributed by atoms with Gasteiger partial charge in [0.25, 0.3) is 0 Å². The predicted molar refractivity (Wildman–Crippen MR) is 78.1 cm³/mol. The maximum atomic E-state index is 5.42. The Kier molecular flexibility index (Phi) is 4.63. The number of aromatic amines is 1. The van der Waals surface area contributed by atoms with E-state index < -0.39 is 0 Å². The lowest BCUT2D eigenvalue weighted by Gasteiger charge is -2.21. The van der Waals surface area contributed by atoms with Gasteiger partial charge in [-0.15, -0.1) is 0 Å². The second kappa shape index (κ2) is 6.43. The summed E-state index contributed by atoms with van der Waals surface area (Å²) in [6.45, 7) is 4.17. The molecule has 2 N–H and O–H groups in total. The maximum Gasteiger partial charge on any atom is 0.123 e. The summed E-state index contributed by atoms with van der Waals surface area (Å²) in [6.07, 6.45) is 3.58. The van der Waals surface area contributed by atoms with Gasteiger partial charge in [-0.3, -0.25) is 0 Å². The monoisotopic (exact) mass is 275 g/mol. The van der Waals surface area contributed by atoms with Crippen molar-refractivity contribution in [3.05, 3.63) is 42.0 Å². The molecule has 0 amide bonds. The summed E-state index contributed by atoms with van der Waals surface area (Å²) in [4.78, 5) is 7.38. The van der Waals surface area contributed by atoms with Crippen molar-refractivity contribution in [2.75, 3.05) is 14.2 Å². The fourth-order valence-corrected chi connectivity index (χ4v) is 2.24. The summed E-state index contributed by atoms with van der Waals surface area (Å²) in [5.74, 6) is 2.58. The molecule has 2 aromatic rings. The van der Waals surface area contributed by atoms with Crippen LogP contribution in [0.1, 0.15) is 37.3 Å². The van der Waals surface area contributed by atoms with Crippen LogP contribution in [-0.4, -0.2) is 24.2 Å². The van der Waals surface area contributed by atoms with Crippen LogP contribution in [0.3, 0.4) is 0 Å². The zero-order chi connectivity index (χ0) is 14.5. The molecule has 0 spiro atoms. The Morgan fingerprint density at radius 1 is 1.15 bits per heavy atom. The Labute approximate surface area is 119 Å². The van der Waals surface area contributed by atoms with Gasteiger partial charge in [0.05, 0.1) is 20.3 Å². The molecule has 0 fully saturated rings. The lowest BCUT2D eigenvalue weighted by atomic mass is 10.1. The van der Waals surface area contributed by atoms with Gasteiger partial charge < -0.3 is 19.8 Å². The van der Waals surface area contributed by atoms with E-state index >= 15 is 0 Å². The molecule has 108 valence electrons. The van der Waals surface area contributed by atoms with Gasteiger partial charge in [-0.2, -0.15) is 0 Å². The third kappa shape index (κ3) is 3.11. The number of nitrogens with zero attached hydrogens (tertiary/aromatic N) is 1. The number of benzene rings is 1. The normalized spacial score (nSPS) is 13.8. The number of imidazole rings is 1. The topological polar surface area (TPSA) is 59.2 Å². The molecule has 5 nitrogen and oxygen atoms in total. The largest absolute Gasteiger partial charge is 0.497 e. The van der Waals surface area contributed by atoms with Crippen molar-refractivity contribution in [2.45, 2.75) is 25.9 Å². The third-order valence-electron chi connectivity index (χ3n) is 3.33. The number of H-pyrrole nitrogens is 1. The Balaban J connectivity index is 2.17. The highest BCUT2D eigenvalue weighted by Crippen LogP contribution is 2.30. The molecular formula is C15H21N3O2. The summed E-state index contributed by atoms with van der Waals surface area (Å²) in [5.41, 5.74) is 1.06. The first kappa shape index (κ1) is 14.4. The van der Waals surface area contributed by atoms with E-state index in [1.165, 1.54) is 0 Å². The molecule has 2 rings (SSSR count). The molecule has 1 aromatic heterocycles. The number of ether oxygens (including phenoxy) is 2. The molecule has 1 aromatic carbocycles. The van der Waals surface area contributed by atoms with Gasteiger partial charge in [0.1, 0.15) is 17.3 Å². The van der Waals surface area contributed by atoms with Crippen LogP contribution >= 0.6 is 0 Å². The van der Waals surface area contributed by atoms with Gasteiger partial charge in [-0.05, 0) is 32.0 Å². The van der Waals surface area contributed by atoms with Crippen molar-refractivity contribution >= 4 is 0 Å². The second-order valence-electron chi connectivity index (χ2n) is 4.69. The van der Waals surface area contributed by atoms with E-state index in [2.05, 4.69) is 29.1 Å². The summed E-state index contributed by atoms with van der Waals surface area (Å²) in [6, 6.07) is 6.04. The molecule has 1 heterocycles. The Hall–Kier alpha value is -2.01. The molecule has 0 radical (unpaired) electrons. The molecule has 20 heavy (non-hydrogen) atoms. The molecule has 0 aliphatic heterocycles. The lowest BCUT2D eigenvalue weighted by Crippen LogP contribution is -2.23. The average molecular weight is 275 g/mol. The van der Waals surface area contributed by atoms with Crippen LogP contribution < -0.4 is 14.8 Å². The number of methoxy groups -OCH3 is 2. The fourth-order valence-electron chi connectivity index (χ4n) is 2.24. The number of hydrogen-bond acceptors (Lipinski definition) is 4. The first-order valence-corrected chi connectivity index (χ1v) is 6.63. The molecular weight excluding hydrogens is 254 g/mol. The quantitative estimate of drug-likeness (QED) is 0.851. The van der Waals surface area contributed by atoms with Crippen LogP contribution in [0, 0.1) is 0 Å². The van der Waals surface area contributed by atoms with Crippen molar-refractivity contribution < 1.29 is 9.47 Å². The van der Waals surface area contributed by atoms with Crippen LogP contribution in [0.2, 0.25) is 0 Å². The third-order valence-corrected chi connectivity index (χ3v) is 3.33. The van der Waals surface area contributed by atoms with E-state index in [1.54, 1.807) is 20.4 Å². The van der Waals surface area contributed by atoms with Crippen LogP contribution in [-0.2, 0) is 0 Å². The van der Waals surface area contributed by atoms with E-state index in [0.29, 0.717) is 0 Å². The van der Waals surface area contributed by atoms with E-state index in [0.717, 1.165) is 22.9 Å². The van der Waals surface area contributed by atoms with Crippen molar-refractivity contribution in [3.63, 3.8) is 0 Å². The van der Waals surface area contributed by atoms with Crippen LogP contribution in [0.25, 0.3) is 0 Å². The van der Waals surface area contributed by atoms with E-state index in [9.17, 15) is 0 Å². The number of aromatic nitrogens is 2. The van der Waals surface area contributed by atoms with E-state index in [1.807, 2.05) is 24.4 Å². The Morgan fingerprint density at radius 3 is 2.55 bits per heavy atom. The molecule has 0 aliphatic rings. The van der Waals surface area contributed by atoms with Gasteiger partial charge in [0, 0.05) is 24.0 Å². The highest BCUT2D eigenvalue weighted by molar-refractivity contribution is 5.42. The summed E-state index contributed by atoms with van der Waals surface area (Å²) in [5, 5.41) is 3.50. The minimum absolute atomic E-state index is 0.111. The van der Waals surface area contributed by atoms with Gasteiger partial charge >= 0.3 is 0 Å². The summed E-state index contributed by atoms with van der Waals surface area (Å²) < 4.78 is 10.7. The van der Waals surface area contributed by atoms with Crippen LogP contribution in [0.5, 0.6) is 11.5 Å². The van der Waals surface area contributed by atoms with Gasteiger partial charge in [-0.1, -0.05) is 0 Å². The highest BCUT2D eigenvalue weighted by atomic mass is 16.5. The molecule has 0 saturated carbocycles. The zero-order valence-electron chi connectivity index (χ0n) is 12.3. The molecule has 5 heteroatoms. The van der Waals surface area contributed by atoms with E-state index in [4.69, 9.17) is 9.47 Å². The minimum Gasteiger partial charge on any atom is -0.497 e. The first-order chi connectivity index (χ1) is 9.65. The molecule has 0 aliphatic carbocycles. The second-order valence-corrected chi connectivity index (χ2v) is 4.69. The molecule has 0 saturated heterocycles. The SMILES string of the molecule is COc1ccc(OC)c(C(C)NC(C)c2ncc[nH]2)c1. The number of nitrogens with one attached hydrogen (secondary N) is 2. The molecule has 2 unspecified atom stereocenters. The number of hydrogen-bond donors (Lipinski definition) is 2. The van der Waals surface area contributed by atoms with Crippen LogP contribution in [0.4, 0.5) is 0 Å². The van der Waals surface area contributed by atoms with Crippen molar-refractivity contribution in [3.8, 4) is 11.5 Å². The molecule has 2 atom stereocenters. The Morgan fingerprint density at radius 2 is 1.95 bits per heavy atom. The van der Waals surface area contributed by atoms with Crippen molar-refractivity contribution in [2.24, 2.45) is 0 Å². The first-order valence-electron chi connectivity index (χ1n) is 6.63. The van der Waals surface area contributed by atoms with Crippen molar-refractivity contribution in [1.82, 2.24) is 15.3 Å². The highest BCUT2D eigenvalue weighted by Gasteiger charge is 2.16. The van der Waals surface area contributed by atoms with Crippen molar-refractivity contribution in [1.29, 1.82) is 0 Å². The van der Waals surface area contributed by atoms with E-state index in [-0.39, 0.29) is 12.1 Å². The number of rotatable bonds is 6. The average Bonchev–Trinajstić information content (AvgIpc) is 3.00. The Bertz CT molecular complexity index is 540. The lowest BCUT2D eigenvalue weighted by molar-refractivity contribution is 0.386. The maximum absolute atomic E-state index is 5.42. The standard InChI is InChI=1S/C15H21N3O2/c1-10(18-11(2)15-16-7-8-17-15)13-9-12(19-3)5-6-14(13)20-4/h5-11,18H,1-4H3,(H,16,17). The summed E-state index contributed by atoms with van der Waals surface area (Å²) >= 11 is 0. The fraction of sp³-hybridized carbons (Fsp3) is 0.400. The zero-order valence-corrected chi connectivity index (χ0v) is 12.3. The summed E-state index contributed by atoms with van der Waals surface area (Å²) in [7, 11) is 3.34. The molecule has 0 bridgehead atoms. The predicted octanol–water partition coefficient (Wildman–Crippen LogP) is 2.84. The van der Waals surface area contributed by atoms with Gasteiger partial charge in [0.15, 0.2) is 0 Å².